The van der Waals surface area contributed by atoms with E-state index in [1.54, 1.807) is 24.3 Å². The summed E-state index contributed by atoms with van der Waals surface area (Å²) < 4.78 is 12.8. The number of hydrogen-bond donors (Lipinski definition) is 3. The molecule has 3 aromatic carbocycles. The fourth-order valence-electron chi connectivity index (χ4n) is 6.84. The lowest BCUT2D eigenvalue weighted by molar-refractivity contribution is -0.938. The highest BCUT2D eigenvalue weighted by molar-refractivity contribution is 5.92. The molecule has 42 heavy (non-hydrogen) atoms. The number of benzene rings is 3. The van der Waals surface area contributed by atoms with Gasteiger partial charge in [0, 0.05) is 30.5 Å². The summed E-state index contributed by atoms with van der Waals surface area (Å²) in [5.41, 5.74) is 5.33. The number of piperidine rings is 1. The van der Waals surface area contributed by atoms with Crippen molar-refractivity contribution < 1.29 is 28.7 Å². The van der Waals surface area contributed by atoms with Crippen molar-refractivity contribution in [2.24, 2.45) is 0 Å². The fraction of sp³-hybridized carbons (Fsp3) is 0.412. The van der Waals surface area contributed by atoms with Crippen LogP contribution < -0.4 is 10.6 Å². The minimum Gasteiger partial charge on any atom is -0.445 e. The van der Waals surface area contributed by atoms with Gasteiger partial charge in [0.05, 0.1) is 26.4 Å². The van der Waals surface area contributed by atoms with Crippen molar-refractivity contribution in [3.8, 4) is 11.1 Å². The molecule has 1 unspecified atom stereocenters. The zero-order chi connectivity index (χ0) is 29.3. The molecule has 3 aliphatic rings. The number of ether oxygens (including phenoxy) is 2. The molecule has 0 aromatic heterocycles. The maximum absolute atomic E-state index is 13.2. The average molecular weight is 571 g/mol. The highest BCUT2D eigenvalue weighted by Crippen LogP contribution is 2.51. The minimum absolute atomic E-state index is 0.0190. The Morgan fingerprint density at radius 3 is 2.29 bits per heavy atom. The van der Waals surface area contributed by atoms with Crippen LogP contribution in [-0.2, 0) is 27.3 Å². The zero-order valence-electron chi connectivity index (χ0n) is 24.3. The molecule has 3 aromatic rings. The summed E-state index contributed by atoms with van der Waals surface area (Å²) >= 11 is 0. The first-order chi connectivity index (χ1) is 20.3. The number of nitrogens with zero attached hydrogens (tertiary/aromatic N) is 1. The van der Waals surface area contributed by atoms with Crippen LogP contribution in [0, 0.1) is 0 Å². The van der Waals surface area contributed by atoms with Crippen molar-refractivity contribution in [1.29, 1.82) is 0 Å². The molecule has 0 aliphatic carbocycles. The first kappa shape index (κ1) is 28.4. The first-order valence-corrected chi connectivity index (χ1v) is 15.0. The zero-order valence-corrected chi connectivity index (χ0v) is 24.3. The highest BCUT2D eigenvalue weighted by atomic mass is 16.6. The van der Waals surface area contributed by atoms with E-state index in [0.717, 1.165) is 70.2 Å². The molecule has 3 aliphatic heterocycles. The van der Waals surface area contributed by atoms with Gasteiger partial charge in [-0.25, -0.2) is 4.79 Å². The Morgan fingerprint density at radius 1 is 0.905 bits per heavy atom. The molecule has 0 spiro atoms. The van der Waals surface area contributed by atoms with Crippen LogP contribution in [0.1, 0.15) is 43.2 Å². The van der Waals surface area contributed by atoms with Gasteiger partial charge in [0.1, 0.15) is 30.4 Å². The number of likely N-dealkylation sites (N-methyl/N-ethyl adjacent to an activating group) is 1. The molecule has 5 atom stereocenters. The van der Waals surface area contributed by atoms with E-state index >= 15 is 0 Å². The molecule has 220 valence electrons. The molecule has 2 amide bonds. The lowest BCUT2D eigenvalue weighted by Gasteiger charge is -2.45. The predicted octanol–water partition coefficient (Wildman–Crippen LogP) is 5.50. The number of aryl methyl sites for hydroxylation is 1. The van der Waals surface area contributed by atoms with Crippen LogP contribution in [0.4, 0.5) is 16.2 Å². The molecule has 0 saturated carbocycles. The summed E-state index contributed by atoms with van der Waals surface area (Å²) in [5, 5.41) is 15.1. The number of morpholine rings is 1. The number of fused-ring (bicyclic) bond motifs is 5. The molecule has 2 bridgehead atoms. The number of aliphatic hydroxyl groups is 1. The molecule has 8 nitrogen and oxygen atoms in total. The molecule has 3 fully saturated rings. The number of quaternary nitrogens is 1. The number of nitrogens with one attached hydrogen (secondary N) is 2. The van der Waals surface area contributed by atoms with E-state index in [2.05, 4.69) is 36.9 Å². The van der Waals surface area contributed by atoms with Gasteiger partial charge in [0.25, 0.3) is 0 Å². The Labute approximate surface area is 247 Å². The Bertz CT molecular complexity index is 1400. The number of amides is 2. The number of epoxide rings is 1. The van der Waals surface area contributed by atoms with Gasteiger partial charge in [-0.15, -0.1) is 0 Å². The Morgan fingerprint density at radius 2 is 1.60 bits per heavy atom. The van der Waals surface area contributed by atoms with Gasteiger partial charge in [0.2, 0.25) is 5.91 Å². The normalized spacial score (nSPS) is 24.9. The molecular weight excluding hydrogens is 530 g/mol. The SMILES string of the molecule is C[N+]1(C)[C@@H]2CC(OC(=O)Nc3cc(CCCCC(=O)Nc4ccc(CO)cc4)ccc3-c3ccccc3)C[C@H]1[C@@H]1O[C@@H]12. The van der Waals surface area contributed by atoms with Gasteiger partial charge in [-0.1, -0.05) is 54.6 Å². The number of aliphatic hydroxyl groups excluding tert-OH is 1. The van der Waals surface area contributed by atoms with Crippen LogP contribution in [0.2, 0.25) is 0 Å². The lowest BCUT2D eigenvalue weighted by Crippen LogP contribution is -2.60. The maximum Gasteiger partial charge on any atom is 0.411 e. The number of anilines is 2. The standard InChI is InChI=1S/C34H39N3O5/c1-37(2)29-19-26(20-30(37)33-32(29)42-33)41-34(40)36-28-18-22(14-17-27(28)24-9-4-3-5-10-24)8-6-7-11-31(39)35-25-15-12-23(21-38)13-16-25/h3-5,9-10,12-18,26,29-30,32-33,38H,6-8,11,19-21H2,1-2H3,(H-,35,36,39,40)/p+1/t26?,29-,30+,32-,33+. The smallest absolute Gasteiger partial charge is 0.411 e. The van der Waals surface area contributed by atoms with Crippen LogP contribution in [0.5, 0.6) is 0 Å². The summed E-state index contributed by atoms with van der Waals surface area (Å²) in [6.45, 7) is -0.0190. The van der Waals surface area contributed by atoms with E-state index in [0.29, 0.717) is 30.7 Å². The first-order valence-electron chi connectivity index (χ1n) is 15.0. The Kier molecular flexibility index (Phi) is 8.03. The minimum atomic E-state index is -0.417. The summed E-state index contributed by atoms with van der Waals surface area (Å²) in [7, 11) is 4.53. The van der Waals surface area contributed by atoms with Crippen molar-refractivity contribution in [3.05, 3.63) is 83.9 Å². The quantitative estimate of drug-likeness (QED) is 0.170. The van der Waals surface area contributed by atoms with Gasteiger partial charge in [0.15, 0.2) is 0 Å². The van der Waals surface area contributed by atoms with E-state index in [4.69, 9.17) is 9.47 Å². The van der Waals surface area contributed by atoms with Crippen LogP contribution in [-0.4, -0.2) is 66.1 Å². The monoisotopic (exact) mass is 570 g/mol. The number of carbonyl (C=O) groups excluding carboxylic acids is 2. The summed E-state index contributed by atoms with van der Waals surface area (Å²) in [4.78, 5) is 25.5. The van der Waals surface area contributed by atoms with Gasteiger partial charge in [-0.05, 0) is 54.2 Å². The van der Waals surface area contributed by atoms with E-state index < -0.39 is 6.09 Å². The molecule has 3 saturated heterocycles. The summed E-state index contributed by atoms with van der Waals surface area (Å²) in [5.74, 6) is -0.0292. The van der Waals surface area contributed by atoms with Crippen molar-refractivity contribution in [2.75, 3.05) is 24.7 Å². The third kappa shape index (κ3) is 6.07. The molecule has 3 N–H and O–H groups in total. The molecule has 6 rings (SSSR count). The van der Waals surface area contributed by atoms with E-state index in [9.17, 15) is 14.7 Å². The molecule has 0 radical (unpaired) electrons. The Hall–Kier alpha value is -3.72. The number of unbranched alkanes of at least 4 members (excludes halogenated alkanes) is 1. The van der Waals surface area contributed by atoms with Crippen molar-refractivity contribution >= 4 is 23.4 Å². The Balaban J connectivity index is 1.05. The van der Waals surface area contributed by atoms with Crippen LogP contribution in [0.15, 0.2) is 72.8 Å². The second-order valence-electron chi connectivity index (χ2n) is 12.3. The largest absolute Gasteiger partial charge is 0.445 e. The van der Waals surface area contributed by atoms with Crippen LogP contribution in [0.3, 0.4) is 0 Å². The molecule has 3 heterocycles. The summed E-state index contributed by atoms with van der Waals surface area (Å²) in [6.07, 6.45) is 4.55. The van der Waals surface area contributed by atoms with Crippen molar-refractivity contribution in [2.45, 2.75) is 75.5 Å². The number of hydrogen-bond acceptors (Lipinski definition) is 5. The van der Waals surface area contributed by atoms with E-state index in [1.165, 1.54) is 0 Å². The fourth-order valence-corrected chi connectivity index (χ4v) is 6.84. The molecular formula is C34H40N3O5+. The third-order valence-corrected chi connectivity index (χ3v) is 9.26. The maximum atomic E-state index is 13.2. The average Bonchev–Trinajstić information content (AvgIpc) is 3.75. The predicted molar refractivity (Wildman–Crippen MR) is 162 cm³/mol. The van der Waals surface area contributed by atoms with E-state index in [1.807, 2.05) is 36.4 Å². The van der Waals surface area contributed by atoms with Crippen LogP contribution in [0.25, 0.3) is 11.1 Å². The lowest BCUT2D eigenvalue weighted by atomic mass is 9.96. The van der Waals surface area contributed by atoms with Crippen LogP contribution >= 0.6 is 0 Å². The van der Waals surface area contributed by atoms with Gasteiger partial charge in [-0.3, -0.25) is 10.1 Å². The van der Waals surface area contributed by atoms with Gasteiger partial charge < -0.3 is 24.4 Å². The number of rotatable bonds is 10. The topological polar surface area (TPSA) is 100 Å². The van der Waals surface area contributed by atoms with Gasteiger partial charge in [-0.2, -0.15) is 0 Å². The summed E-state index contributed by atoms with van der Waals surface area (Å²) in [6, 6.07) is 24.1. The third-order valence-electron chi connectivity index (χ3n) is 9.26. The number of carbonyl (C=O) groups is 2. The second kappa shape index (κ2) is 11.9. The van der Waals surface area contributed by atoms with Gasteiger partial charge >= 0.3 is 6.09 Å². The van der Waals surface area contributed by atoms with E-state index in [-0.39, 0.29) is 18.6 Å². The highest BCUT2D eigenvalue weighted by Gasteiger charge is 2.70. The second-order valence-corrected chi connectivity index (χ2v) is 12.3. The van der Waals surface area contributed by atoms with Crippen molar-refractivity contribution in [1.82, 2.24) is 0 Å². The van der Waals surface area contributed by atoms with Crippen molar-refractivity contribution in [3.63, 3.8) is 0 Å². The molecule has 8 heteroatoms.